The number of aryl methyl sites for hydroxylation is 1. The van der Waals surface area contributed by atoms with Crippen molar-refractivity contribution in [2.75, 3.05) is 0 Å². The Morgan fingerprint density at radius 1 is 0.917 bits per heavy atom. The van der Waals surface area contributed by atoms with Gasteiger partial charge in [0.15, 0.2) is 5.17 Å². The molecule has 0 bridgehead atoms. The summed E-state index contributed by atoms with van der Waals surface area (Å²) in [6.07, 6.45) is 1.93. The van der Waals surface area contributed by atoms with E-state index >= 15 is 0 Å². The van der Waals surface area contributed by atoms with Crippen molar-refractivity contribution in [3.63, 3.8) is 0 Å². The number of thioether (sulfide) groups is 1. The second kappa shape index (κ2) is 10.4. The number of carbonyl (C=O) groups excluding carboxylic acids is 1. The van der Waals surface area contributed by atoms with E-state index in [1.807, 2.05) is 87.5 Å². The van der Waals surface area contributed by atoms with Gasteiger partial charge >= 0.3 is 0 Å². The van der Waals surface area contributed by atoms with Crippen LogP contribution < -0.4 is 4.74 Å². The summed E-state index contributed by atoms with van der Waals surface area (Å²) in [6, 6.07) is 30.5. The number of amidine groups is 1. The maximum absolute atomic E-state index is 13.2. The van der Waals surface area contributed by atoms with Gasteiger partial charge in [-0.25, -0.2) is 4.99 Å². The maximum Gasteiger partial charge on any atom is 0.266 e. The Balaban J connectivity index is 1.31. The van der Waals surface area contributed by atoms with Crippen LogP contribution in [-0.2, 0) is 11.4 Å². The van der Waals surface area contributed by atoms with Crippen LogP contribution in [0.3, 0.4) is 0 Å². The largest absolute Gasteiger partial charge is 0.489 e. The van der Waals surface area contributed by atoms with Gasteiger partial charge in [0.05, 0.1) is 10.6 Å². The minimum atomic E-state index is -0.0165. The molecule has 0 aliphatic carbocycles. The van der Waals surface area contributed by atoms with Gasteiger partial charge in [0.2, 0.25) is 0 Å². The summed E-state index contributed by atoms with van der Waals surface area (Å²) in [5, 5.41) is 3.12. The van der Waals surface area contributed by atoms with Gasteiger partial charge in [-0.2, -0.15) is 0 Å². The molecule has 1 aliphatic heterocycles. The highest BCUT2D eigenvalue weighted by Gasteiger charge is 2.35. The molecule has 1 amide bonds. The Morgan fingerprint density at radius 2 is 1.64 bits per heavy atom. The van der Waals surface area contributed by atoms with E-state index in [9.17, 15) is 4.79 Å². The van der Waals surface area contributed by atoms with Gasteiger partial charge in [-0.05, 0) is 84.8 Å². The average Bonchev–Trinajstić information content (AvgIpc) is 3.19. The number of hydrogen-bond donors (Lipinski definition) is 0. The first-order valence-corrected chi connectivity index (χ1v) is 12.9. The lowest BCUT2D eigenvalue weighted by Gasteiger charge is -2.19. The van der Waals surface area contributed by atoms with Gasteiger partial charge in [0.1, 0.15) is 12.4 Å². The van der Waals surface area contributed by atoms with Gasteiger partial charge < -0.3 is 4.74 Å². The zero-order chi connectivity index (χ0) is 25.1. The average molecular weight is 493 g/mol. The van der Waals surface area contributed by atoms with Crippen LogP contribution in [-0.4, -0.2) is 22.0 Å². The summed E-state index contributed by atoms with van der Waals surface area (Å²) in [6.45, 7) is 6.56. The van der Waals surface area contributed by atoms with Crippen LogP contribution in [0.25, 0.3) is 16.8 Å². The van der Waals surface area contributed by atoms with Gasteiger partial charge in [-0.3, -0.25) is 9.69 Å². The molecule has 1 saturated heterocycles. The van der Waals surface area contributed by atoms with E-state index < -0.39 is 0 Å². The molecule has 1 heterocycles. The molecule has 1 fully saturated rings. The molecule has 0 N–H and O–H groups in total. The molecule has 5 rings (SSSR count). The minimum Gasteiger partial charge on any atom is -0.489 e. The van der Waals surface area contributed by atoms with E-state index in [1.54, 1.807) is 4.90 Å². The lowest BCUT2D eigenvalue weighted by Crippen LogP contribution is -2.35. The highest BCUT2D eigenvalue weighted by molar-refractivity contribution is 8.18. The Kier molecular flexibility index (Phi) is 6.92. The summed E-state index contributed by atoms with van der Waals surface area (Å²) >= 11 is 1.42. The van der Waals surface area contributed by atoms with Gasteiger partial charge in [-0.1, -0.05) is 72.3 Å². The number of hydrogen-bond acceptors (Lipinski definition) is 4. The van der Waals surface area contributed by atoms with Crippen molar-refractivity contribution in [1.29, 1.82) is 0 Å². The third-order valence-corrected chi connectivity index (χ3v) is 7.05. The Labute approximate surface area is 216 Å². The number of benzene rings is 4. The molecular formula is C31H28N2O2S. The molecule has 0 spiro atoms. The van der Waals surface area contributed by atoms with Crippen LogP contribution in [0, 0.1) is 6.92 Å². The molecule has 0 saturated carbocycles. The molecule has 4 aromatic carbocycles. The molecular weight excluding hydrogens is 464 g/mol. The Hall–Kier alpha value is -3.83. The summed E-state index contributed by atoms with van der Waals surface area (Å²) in [5.41, 5.74) is 4.13. The van der Waals surface area contributed by atoms with Crippen molar-refractivity contribution in [3.8, 4) is 5.75 Å². The van der Waals surface area contributed by atoms with Crippen LogP contribution in [0.2, 0.25) is 0 Å². The fourth-order valence-electron chi connectivity index (χ4n) is 4.14. The monoisotopic (exact) mass is 492 g/mol. The van der Waals surface area contributed by atoms with E-state index in [4.69, 9.17) is 9.73 Å². The molecule has 1 aliphatic rings. The van der Waals surface area contributed by atoms with Crippen molar-refractivity contribution in [1.82, 2.24) is 4.90 Å². The van der Waals surface area contributed by atoms with Crippen molar-refractivity contribution in [2.24, 2.45) is 4.99 Å². The molecule has 4 nitrogen and oxygen atoms in total. The molecule has 180 valence electrons. The van der Waals surface area contributed by atoms with E-state index in [0.717, 1.165) is 22.6 Å². The molecule has 0 aromatic heterocycles. The van der Waals surface area contributed by atoms with Crippen LogP contribution in [0.4, 0.5) is 5.69 Å². The van der Waals surface area contributed by atoms with E-state index in [1.165, 1.54) is 28.1 Å². The number of rotatable bonds is 6. The normalized spacial score (nSPS) is 16.0. The van der Waals surface area contributed by atoms with Crippen LogP contribution >= 0.6 is 11.8 Å². The number of amides is 1. The van der Waals surface area contributed by atoms with Gasteiger partial charge in [0, 0.05) is 6.04 Å². The number of nitrogens with zero attached hydrogens (tertiary/aromatic N) is 2. The predicted molar refractivity (Wildman–Crippen MR) is 151 cm³/mol. The second-order valence-electron chi connectivity index (χ2n) is 9.11. The standard InChI is InChI=1S/C31H28N2O2S/c1-21(2)33-30(34)29(36-31(33)32-26-15-11-22(3)12-16-26)19-23-13-17-27(18-14-23)35-20-25-9-6-8-24-7-4-5-10-28(24)25/h4-19,21H,20H2,1-3H3/b29-19+,32-31?. The lowest BCUT2D eigenvalue weighted by atomic mass is 10.1. The zero-order valence-corrected chi connectivity index (χ0v) is 21.5. The number of ether oxygens (including phenoxy) is 1. The lowest BCUT2D eigenvalue weighted by molar-refractivity contribution is -0.123. The SMILES string of the molecule is Cc1ccc(N=C2S/C(=C/c3ccc(OCc4cccc5ccccc45)cc3)C(=O)N2C(C)C)cc1. The predicted octanol–water partition coefficient (Wildman–Crippen LogP) is 7.74. The molecule has 0 atom stereocenters. The Bertz CT molecular complexity index is 1450. The van der Waals surface area contributed by atoms with E-state index in [0.29, 0.717) is 16.7 Å². The van der Waals surface area contributed by atoms with Gasteiger partial charge in [-0.15, -0.1) is 0 Å². The minimum absolute atomic E-state index is 0.0165. The first-order chi connectivity index (χ1) is 17.5. The quantitative estimate of drug-likeness (QED) is 0.259. The third-order valence-electron chi connectivity index (χ3n) is 6.06. The van der Waals surface area contributed by atoms with Crippen molar-refractivity contribution in [2.45, 2.75) is 33.4 Å². The van der Waals surface area contributed by atoms with E-state index in [2.05, 4.69) is 30.3 Å². The summed E-state index contributed by atoms with van der Waals surface area (Å²) in [4.78, 5) is 20.4. The first kappa shape index (κ1) is 23.9. The summed E-state index contributed by atoms with van der Waals surface area (Å²) in [5.74, 6) is 0.776. The highest BCUT2D eigenvalue weighted by atomic mass is 32.2. The maximum atomic E-state index is 13.2. The first-order valence-electron chi connectivity index (χ1n) is 12.1. The molecule has 36 heavy (non-hydrogen) atoms. The topological polar surface area (TPSA) is 41.9 Å². The fraction of sp³-hybridized carbons (Fsp3) is 0.161. The molecule has 4 aromatic rings. The van der Waals surface area contributed by atoms with Crippen molar-refractivity contribution >= 4 is 45.4 Å². The fourth-order valence-corrected chi connectivity index (χ4v) is 5.26. The van der Waals surface area contributed by atoms with Gasteiger partial charge in [0.25, 0.3) is 5.91 Å². The zero-order valence-electron chi connectivity index (χ0n) is 20.6. The summed E-state index contributed by atoms with van der Waals surface area (Å²) in [7, 11) is 0. The van der Waals surface area contributed by atoms with Crippen molar-refractivity contribution < 1.29 is 9.53 Å². The molecule has 5 heteroatoms. The van der Waals surface area contributed by atoms with Crippen molar-refractivity contribution in [3.05, 3.63) is 113 Å². The number of carbonyl (C=O) groups is 1. The number of fused-ring (bicyclic) bond motifs is 1. The highest BCUT2D eigenvalue weighted by Crippen LogP contribution is 2.35. The van der Waals surface area contributed by atoms with Crippen LogP contribution in [0.1, 0.15) is 30.5 Å². The van der Waals surface area contributed by atoms with Crippen LogP contribution in [0.5, 0.6) is 5.75 Å². The molecule has 0 radical (unpaired) electrons. The summed E-state index contributed by atoms with van der Waals surface area (Å²) < 4.78 is 6.07. The van der Waals surface area contributed by atoms with Crippen LogP contribution in [0.15, 0.2) is 101 Å². The van der Waals surface area contributed by atoms with E-state index in [-0.39, 0.29) is 11.9 Å². The Morgan fingerprint density at radius 3 is 2.39 bits per heavy atom. The third kappa shape index (κ3) is 5.21. The number of aliphatic imine (C=N–C) groups is 1. The molecule has 0 unspecified atom stereocenters. The second-order valence-corrected chi connectivity index (χ2v) is 10.1. The smallest absolute Gasteiger partial charge is 0.266 e.